The number of pyridine rings is 1. The maximum atomic E-state index is 13.9. The molecule has 0 saturated carbocycles. The molecule has 40 heavy (non-hydrogen) atoms. The molecule has 208 valence electrons. The molecular formula is C28H28F3N7O2. The van der Waals surface area contributed by atoms with Gasteiger partial charge in [0.1, 0.15) is 11.5 Å². The topological polar surface area (TPSA) is 103 Å². The first-order valence-electron chi connectivity index (χ1n) is 12.6. The highest BCUT2D eigenvalue weighted by atomic mass is 19.4. The third kappa shape index (κ3) is 7.84. The van der Waals surface area contributed by atoms with E-state index in [1.165, 1.54) is 43.7 Å². The lowest BCUT2D eigenvalue weighted by molar-refractivity contribution is -0.138. The van der Waals surface area contributed by atoms with Crippen LogP contribution < -0.4 is 10.6 Å². The minimum Gasteiger partial charge on any atom is -0.310 e. The van der Waals surface area contributed by atoms with Crippen molar-refractivity contribution in [1.29, 1.82) is 0 Å². The number of carbonyl (C=O) groups is 2. The van der Waals surface area contributed by atoms with Gasteiger partial charge in [-0.3, -0.25) is 14.5 Å². The van der Waals surface area contributed by atoms with Gasteiger partial charge in [-0.05, 0) is 42.3 Å². The summed E-state index contributed by atoms with van der Waals surface area (Å²) in [5, 5.41) is 5.05. The van der Waals surface area contributed by atoms with E-state index < -0.39 is 17.6 Å². The predicted molar refractivity (Wildman–Crippen MR) is 143 cm³/mol. The van der Waals surface area contributed by atoms with Crippen molar-refractivity contribution in [3.63, 3.8) is 0 Å². The number of likely N-dealkylation sites (N-methyl/N-ethyl adjacent to an activating group) is 1. The van der Waals surface area contributed by atoms with E-state index in [9.17, 15) is 22.8 Å². The number of carbonyl (C=O) groups excluding carboxylic acids is 2. The fraction of sp³-hybridized carbons (Fsp3) is 0.321. The number of aromatic nitrogens is 3. The average molecular weight is 552 g/mol. The van der Waals surface area contributed by atoms with Gasteiger partial charge in [-0.1, -0.05) is 18.9 Å². The Morgan fingerprint density at radius 3 is 2.33 bits per heavy atom. The molecule has 2 N–H and O–H groups in total. The van der Waals surface area contributed by atoms with E-state index >= 15 is 0 Å². The van der Waals surface area contributed by atoms with E-state index in [4.69, 9.17) is 0 Å². The first kappa shape index (κ1) is 28.7. The van der Waals surface area contributed by atoms with Crippen LogP contribution in [0.25, 0.3) is 0 Å². The first-order chi connectivity index (χ1) is 19.1. The number of halogens is 3. The lowest BCUT2D eigenvalue weighted by Crippen LogP contribution is -2.45. The Kier molecular flexibility index (Phi) is 9.08. The number of piperazine rings is 1. The minimum absolute atomic E-state index is 0.125. The molecule has 1 aliphatic heterocycles. The van der Waals surface area contributed by atoms with Crippen LogP contribution in [0.15, 0.2) is 48.9 Å². The van der Waals surface area contributed by atoms with Crippen molar-refractivity contribution in [3.8, 4) is 11.8 Å². The summed E-state index contributed by atoms with van der Waals surface area (Å²) < 4.78 is 41.8. The van der Waals surface area contributed by atoms with Crippen molar-refractivity contribution < 1.29 is 22.8 Å². The monoisotopic (exact) mass is 551 g/mol. The van der Waals surface area contributed by atoms with Crippen LogP contribution in [-0.4, -0.2) is 69.3 Å². The zero-order valence-corrected chi connectivity index (χ0v) is 22.0. The summed E-state index contributed by atoms with van der Waals surface area (Å²) in [6, 6.07) is 6.77. The summed E-state index contributed by atoms with van der Waals surface area (Å²) in [5.41, 5.74) is 0.0321. The van der Waals surface area contributed by atoms with E-state index in [-0.39, 0.29) is 29.4 Å². The van der Waals surface area contributed by atoms with Gasteiger partial charge in [-0.25, -0.2) is 15.0 Å². The molecule has 9 nitrogen and oxygen atoms in total. The molecule has 1 aliphatic rings. The summed E-state index contributed by atoms with van der Waals surface area (Å²) in [4.78, 5) is 40.4. The second-order valence-corrected chi connectivity index (χ2v) is 9.18. The van der Waals surface area contributed by atoms with Crippen LogP contribution in [0.1, 0.15) is 46.6 Å². The molecule has 3 heterocycles. The lowest BCUT2D eigenvalue weighted by Gasteiger charge is -2.34. The molecule has 0 unspecified atom stereocenters. The number of amides is 2. The normalized spacial score (nSPS) is 14.2. The number of anilines is 2. The van der Waals surface area contributed by atoms with Crippen molar-refractivity contribution in [2.24, 2.45) is 0 Å². The van der Waals surface area contributed by atoms with Crippen LogP contribution in [0.2, 0.25) is 0 Å². The molecule has 2 amide bonds. The van der Waals surface area contributed by atoms with Crippen molar-refractivity contribution in [2.75, 3.05) is 43.4 Å². The maximum Gasteiger partial charge on any atom is 0.416 e. The molecule has 0 spiro atoms. The van der Waals surface area contributed by atoms with Gasteiger partial charge in [0, 0.05) is 57.0 Å². The highest BCUT2D eigenvalue weighted by molar-refractivity contribution is 6.04. The van der Waals surface area contributed by atoms with Crippen LogP contribution in [0.4, 0.5) is 24.8 Å². The van der Waals surface area contributed by atoms with Crippen molar-refractivity contribution in [1.82, 2.24) is 24.8 Å². The zero-order valence-electron chi connectivity index (χ0n) is 22.0. The van der Waals surface area contributed by atoms with Gasteiger partial charge >= 0.3 is 6.18 Å². The quantitative estimate of drug-likeness (QED) is 0.451. The molecule has 3 aromatic rings. The van der Waals surface area contributed by atoms with E-state index in [0.717, 1.165) is 25.7 Å². The standard InChI is InChI=1S/C28H28F3N7O2/c1-3-37-10-12-38(13-11-37)18-22-6-5-21(15-24(22)28(29,30)31)27(40)36-25-14-20(8-9-32-25)4-7-23-16-34-26(17-33-23)35-19(2)39/h5-6,8-9,14-17H,3,10-13,18H2,1-2H3,(H,32,36,40)(H,34,35,39). The number of hydrogen-bond acceptors (Lipinski definition) is 7. The van der Waals surface area contributed by atoms with E-state index in [1.54, 1.807) is 6.07 Å². The summed E-state index contributed by atoms with van der Waals surface area (Å²) >= 11 is 0. The highest BCUT2D eigenvalue weighted by Gasteiger charge is 2.34. The molecule has 12 heteroatoms. The van der Waals surface area contributed by atoms with Crippen molar-refractivity contribution in [3.05, 3.63) is 76.9 Å². The van der Waals surface area contributed by atoms with Crippen LogP contribution in [0.3, 0.4) is 0 Å². The Morgan fingerprint density at radius 2 is 1.68 bits per heavy atom. The number of nitrogens with one attached hydrogen (secondary N) is 2. The van der Waals surface area contributed by atoms with Gasteiger partial charge < -0.3 is 15.5 Å². The Bertz CT molecular complexity index is 1420. The molecule has 1 saturated heterocycles. The molecule has 0 aliphatic carbocycles. The Morgan fingerprint density at radius 1 is 0.925 bits per heavy atom. The molecule has 0 bridgehead atoms. The summed E-state index contributed by atoms with van der Waals surface area (Å²) in [6.07, 6.45) is -0.410. The number of rotatable bonds is 6. The fourth-order valence-electron chi connectivity index (χ4n) is 4.16. The number of benzene rings is 1. The SMILES string of the molecule is CCN1CCN(Cc2ccc(C(=O)Nc3cc(C#Cc4cnc(NC(C)=O)cn4)ccn3)cc2C(F)(F)F)CC1. The zero-order chi connectivity index (χ0) is 28.7. The molecular weight excluding hydrogens is 523 g/mol. The van der Waals surface area contributed by atoms with E-state index in [1.807, 2.05) is 4.90 Å². The largest absolute Gasteiger partial charge is 0.416 e. The number of hydrogen-bond donors (Lipinski definition) is 2. The minimum atomic E-state index is -4.60. The summed E-state index contributed by atoms with van der Waals surface area (Å²) in [5.74, 6) is 5.12. The third-order valence-corrected chi connectivity index (χ3v) is 6.28. The van der Waals surface area contributed by atoms with Crippen molar-refractivity contribution >= 4 is 23.5 Å². The highest BCUT2D eigenvalue weighted by Crippen LogP contribution is 2.33. The van der Waals surface area contributed by atoms with Gasteiger partial charge in [0.15, 0.2) is 5.82 Å². The molecule has 2 aromatic heterocycles. The van der Waals surface area contributed by atoms with Gasteiger partial charge in [0.05, 0.1) is 18.0 Å². The Balaban J connectivity index is 1.45. The second-order valence-electron chi connectivity index (χ2n) is 9.18. The van der Waals surface area contributed by atoms with Crippen LogP contribution in [-0.2, 0) is 17.5 Å². The Labute approximate surface area is 229 Å². The van der Waals surface area contributed by atoms with Crippen LogP contribution in [0.5, 0.6) is 0 Å². The molecule has 0 atom stereocenters. The third-order valence-electron chi connectivity index (χ3n) is 6.28. The molecule has 0 radical (unpaired) electrons. The van der Waals surface area contributed by atoms with Crippen molar-refractivity contribution in [2.45, 2.75) is 26.6 Å². The maximum absolute atomic E-state index is 13.9. The smallest absolute Gasteiger partial charge is 0.310 e. The van der Waals surface area contributed by atoms with E-state index in [0.29, 0.717) is 30.2 Å². The van der Waals surface area contributed by atoms with Gasteiger partial charge in [0.2, 0.25) is 5.91 Å². The average Bonchev–Trinajstić information content (AvgIpc) is 2.92. The predicted octanol–water partition coefficient (Wildman–Crippen LogP) is 3.64. The molecule has 1 fully saturated rings. The van der Waals surface area contributed by atoms with Crippen LogP contribution >= 0.6 is 0 Å². The molecule has 1 aromatic carbocycles. The van der Waals surface area contributed by atoms with Gasteiger partial charge in [-0.2, -0.15) is 13.2 Å². The number of alkyl halides is 3. The summed E-state index contributed by atoms with van der Waals surface area (Å²) in [7, 11) is 0. The Hall–Kier alpha value is -4.34. The lowest BCUT2D eigenvalue weighted by atomic mass is 10.0. The molecule has 4 rings (SSSR count). The fourth-order valence-corrected chi connectivity index (χ4v) is 4.16. The van der Waals surface area contributed by atoms with E-state index in [2.05, 4.69) is 49.3 Å². The number of nitrogens with zero attached hydrogens (tertiary/aromatic N) is 5. The van der Waals surface area contributed by atoms with Crippen LogP contribution in [0, 0.1) is 11.8 Å². The van der Waals surface area contributed by atoms with Gasteiger partial charge in [-0.15, -0.1) is 0 Å². The second kappa shape index (κ2) is 12.7. The first-order valence-corrected chi connectivity index (χ1v) is 12.6. The summed E-state index contributed by atoms with van der Waals surface area (Å²) in [6.45, 7) is 7.50. The van der Waals surface area contributed by atoms with Gasteiger partial charge in [0.25, 0.3) is 5.91 Å².